The predicted octanol–water partition coefficient (Wildman–Crippen LogP) is 3.83. The molecule has 0 aliphatic rings. The van der Waals surface area contributed by atoms with Crippen LogP contribution in [-0.2, 0) is 0 Å². The minimum Gasteiger partial charge on any atom is -0.491 e. The summed E-state index contributed by atoms with van der Waals surface area (Å²) in [5.41, 5.74) is 0.470. The average molecular weight is 278 g/mol. The number of halogens is 2. The molecular weight excluding hydrogens is 262 g/mol. The molecule has 0 saturated carbocycles. The van der Waals surface area contributed by atoms with Crippen LogP contribution in [0.3, 0.4) is 0 Å². The monoisotopic (exact) mass is 278 g/mol. The van der Waals surface area contributed by atoms with Gasteiger partial charge in [0.1, 0.15) is 23.5 Å². The Bertz CT molecular complexity index is 597. The summed E-state index contributed by atoms with van der Waals surface area (Å²) in [6, 6.07) is 9.98. The lowest BCUT2D eigenvalue weighted by atomic mass is 10.00. The summed E-state index contributed by atoms with van der Waals surface area (Å²) in [4.78, 5) is 0. The van der Waals surface area contributed by atoms with Crippen molar-refractivity contribution in [2.45, 2.75) is 26.1 Å². The SMILES string of the molecule is CC(C)Oc1ccccc1C(O)c1ccc(F)cc1F. The van der Waals surface area contributed by atoms with Crippen LogP contribution in [0.15, 0.2) is 42.5 Å². The zero-order valence-electron chi connectivity index (χ0n) is 11.3. The van der Waals surface area contributed by atoms with Gasteiger partial charge >= 0.3 is 0 Å². The van der Waals surface area contributed by atoms with Crippen molar-refractivity contribution in [2.24, 2.45) is 0 Å². The first kappa shape index (κ1) is 14.5. The Labute approximate surface area is 116 Å². The number of benzene rings is 2. The highest BCUT2D eigenvalue weighted by Crippen LogP contribution is 2.31. The Kier molecular flexibility index (Phi) is 4.35. The van der Waals surface area contributed by atoms with Gasteiger partial charge < -0.3 is 9.84 Å². The maximum absolute atomic E-state index is 13.7. The largest absolute Gasteiger partial charge is 0.491 e. The second-order valence-corrected chi connectivity index (χ2v) is 4.77. The van der Waals surface area contributed by atoms with Gasteiger partial charge in [0.2, 0.25) is 0 Å². The van der Waals surface area contributed by atoms with Crippen LogP contribution in [0.4, 0.5) is 8.78 Å². The zero-order valence-corrected chi connectivity index (χ0v) is 11.3. The summed E-state index contributed by atoms with van der Waals surface area (Å²) in [6.07, 6.45) is -1.27. The van der Waals surface area contributed by atoms with Gasteiger partial charge in [-0.15, -0.1) is 0 Å². The highest BCUT2D eigenvalue weighted by Gasteiger charge is 2.19. The molecule has 0 saturated heterocycles. The van der Waals surface area contributed by atoms with Crippen LogP contribution in [0.5, 0.6) is 5.75 Å². The summed E-state index contributed by atoms with van der Waals surface area (Å²) in [5.74, 6) is -0.972. The summed E-state index contributed by atoms with van der Waals surface area (Å²) in [6.45, 7) is 3.73. The summed E-state index contributed by atoms with van der Waals surface area (Å²) in [5, 5.41) is 10.3. The molecule has 2 rings (SSSR count). The van der Waals surface area contributed by atoms with Crippen LogP contribution in [0.25, 0.3) is 0 Å². The van der Waals surface area contributed by atoms with E-state index < -0.39 is 17.7 Å². The Morgan fingerprint density at radius 1 is 1.00 bits per heavy atom. The van der Waals surface area contributed by atoms with Gasteiger partial charge in [-0.25, -0.2) is 8.78 Å². The number of rotatable bonds is 4. The number of ether oxygens (including phenoxy) is 1. The van der Waals surface area contributed by atoms with Gasteiger partial charge in [-0.2, -0.15) is 0 Å². The fourth-order valence-electron chi connectivity index (χ4n) is 1.96. The Morgan fingerprint density at radius 3 is 2.35 bits per heavy atom. The highest BCUT2D eigenvalue weighted by atomic mass is 19.1. The Morgan fingerprint density at radius 2 is 1.70 bits per heavy atom. The van der Waals surface area contributed by atoms with E-state index in [2.05, 4.69) is 0 Å². The van der Waals surface area contributed by atoms with E-state index in [1.165, 1.54) is 6.07 Å². The minimum atomic E-state index is -1.20. The van der Waals surface area contributed by atoms with Crippen molar-refractivity contribution in [2.75, 3.05) is 0 Å². The topological polar surface area (TPSA) is 29.5 Å². The Hall–Kier alpha value is -1.94. The van der Waals surface area contributed by atoms with E-state index in [4.69, 9.17) is 4.74 Å². The molecule has 2 aromatic carbocycles. The van der Waals surface area contributed by atoms with Crippen LogP contribution >= 0.6 is 0 Å². The first-order chi connectivity index (χ1) is 9.49. The fraction of sp³-hybridized carbons (Fsp3) is 0.250. The van der Waals surface area contributed by atoms with Gasteiger partial charge in [0, 0.05) is 17.2 Å². The third kappa shape index (κ3) is 3.14. The molecule has 0 fully saturated rings. The van der Waals surface area contributed by atoms with Crippen molar-refractivity contribution >= 4 is 0 Å². The zero-order chi connectivity index (χ0) is 14.7. The molecule has 0 radical (unpaired) electrons. The van der Waals surface area contributed by atoms with Crippen LogP contribution in [0.1, 0.15) is 31.1 Å². The molecule has 0 heterocycles. The van der Waals surface area contributed by atoms with Crippen molar-refractivity contribution in [1.29, 1.82) is 0 Å². The molecule has 0 aliphatic heterocycles. The summed E-state index contributed by atoms with van der Waals surface area (Å²) >= 11 is 0. The smallest absolute Gasteiger partial charge is 0.132 e. The number of aliphatic hydroxyl groups is 1. The quantitative estimate of drug-likeness (QED) is 0.921. The van der Waals surface area contributed by atoms with E-state index in [1.807, 2.05) is 13.8 Å². The van der Waals surface area contributed by atoms with Crippen LogP contribution in [-0.4, -0.2) is 11.2 Å². The summed E-state index contributed by atoms with van der Waals surface area (Å²) in [7, 11) is 0. The molecule has 0 bridgehead atoms. The van der Waals surface area contributed by atoms with Crippen molar-refractivity contribution < 1.29 is 18.6 Å². The number of hydrogen-bond donors (Lipinski definition) is 1. The lowest BCUT2D eigenvalue weighted by Gasteiger charge is -2.18. The minimum absolute atomic E-state index is 0.0196. The molecule has 2 nitrogen and oxygen atoms in total. The first-order valence-corrected chi connectivity index (χ1v) is 6.37. The van der Waals surface area contributed by atoms with Crippen molar-refractivity contribution in [1.82, 2.24) is 0 Å². The van der Waals surface area contributed by atoms with Gasteiger partial charge in [-0.05, 0) is 26.0 Å². The lowest BCUT2D eigenvalue weighted by Crippen LogP contribution is -2.10. The van der Waals surface area contributed by atoms with Crippen LogP contribution in [0.2, 0.25) is 0 Å². The van der Waals surface area contributed by atoms with Crippen LogP contribution < -0.4 is 4.74 Å². The molecule has 20 heavy (non-hydrogen) atoms. The van der Waals surface area contributed by atoms with E-state index in [1.54, 1.807) is 24.3 Å². The van der Waals surface area contributed by atoms with Crippen molar-refractivity contribution in [3.8, 4) is 5.75 Å². The van der Waals surface area contributed by atoms with E-state index in [9.17, 15) is 13.9 Å². The second-order valence-electron chi connectivity index (χ2n) is 4.77. The molecule has 106 valence electrons. The molecule has 0 spiro atoms. The second kappa shape index (κ2) is 6.01. The molecule has 1 atom stereocenters. The number of hydrogen-bond acceptors (Lipinski definition) is 2. The highest BCUT2D eigenvalue weighted by molar-refractivity contribution is 5.40. The summed E-state index contributed by atoms with van der Waals surface area (Å²) < 4.78 is 32.3. The van der Waals surface area contributed by atoms with Gasteiger partial charge in [0.15, 0.2) is 0 Å². The van der Waals surface area contributed by atoms with Gasteiger partial charge in [0.05, 0.1) is 6.10 Å². The predicted molar refractivity (Wildman–Crippen MR) is 72.6 cm³/mol. The molecule has 2 aromatic rings. The van der Waals surface area contributed by atoms with E-state index in [0.29, 0.717) is 11.3 Å². The molecule has 1 N–H and O–H groups in total. The molecule has 0 amide bonds. The van der Waals surface area contributed by atoms with Crippen molar-refractivity contribution in [3.05, 3.63) is 65.2 Å². The fourth-order valence-corrected chi connectivity index (χ4v) is 1.96. The Balaban J connectivity index is 2.40. The van der Waals surface area contributed by atoms with Gasteiger partial charge in [-0.3, -0.25) is 0 Å². The molecule has 0 aliphatic carbocycles. The first-order valence-electron chi connectivity index (χ1n) is 6.37. The van der Waals surface area contributed by atoms with E-state index >= 15 is 0 Å². The van der Waals surface area contributed by atoms with Crippen LogP contribution in [0, 0.1) is 11.6 Å². The van der Waals surface area contributed by atoms with E-state index in [-0.39, 0.29) is 11.7 Å². The molecular formula is C16H16F2O2. The maximum atomic E-state index is 13.7. The molecule has 1 unspecified atom stereocenters. The third-order valence-electron chi connectivity index (χ3n) is 2.83. The number of para-hydroxylation sites is 1. The third-order valence-corrected chi connectivity index (χ3v) is 2.83. The normalized spacial score (nSPS) is 12.5. The van der Waals surface area contributed by atoms with Crippen molar-refractivity contribution in [3.63, 3.8) is 0 Å². The van der Waals surface area contributed by atoms with Gasteiger partial charge in [-0.1, -0.05) is 24.3 Å². The molecule has 4 heteroatoms. The van der Waals surface area contributed by atoms with E-state index in [0.717, 1.165) is 12.1 Å². The standard InChI is InChI=1S/C16H16F2O2/c1-10(2)20-15-6-4-3-5-13(15)16(19)12-8-7-11(17)9-14(12)18/h3-10,16,19H,1-2H3. The number of aliphatic hydroxyl groups excluding tert-OH is 1. The average Bonchev–Trinajstić information content (AvgIpc) is 2.38. The maximum Gasteiger partial charge on any atom is 0.132 e. The van der Waals surface area contributed by atoms with Gasteiger partial charge in [0.25, 0.3) is 0 Å². The molecule has 0 aromatic heterocycles. The lowest BCUT2D eigenvalue weighted by molar-refractivity contribution is 0.194.